The first kappa shape index (κ1) is 19.7. The van der Waals surface area contributed by atoms with Crippen molar-refractivity contribution < 1.29 is 14.3 Å². The number of ether oxygens (including phenoxy) is 1. The largest absolute Gasteiger partial charge is 0.451 e. The molecule has 1 aromatic carbocycles. The molecule has 2 atom stereocenters. The summed E-state index contributed by atoms with van der Waals surface area (Å²) in [4.78, 5) is 24.9. The van der Waals surface area contributed by atoms with Gasteiger partial charge >= 0.3 is 5.97 Å². The van der Waals surface area contributed by atoms with Crippen molar-refractivity contribution >= 4 is 23.6 Å². The van der Waals surface area contributed by atoms with Gasteiger partial charge in [-0.15, -0.1) is 5.10 Å². The number of hydrogen-bond donors (Lipinski definition) is 1. The number of aromatic nitrogens is 4. The first-order chi connectivity index (χ1) is 13.5. The van der Waals surface area contributed by atoms with E-state index in [2.05, 4.69) is 27.8 Å². The molecule has 1 saturated carbocycles. The molecule has 1 aliphatic rings. The minimum atomic E-state index is -0.661. The monoisotopic (exact) mass is 383 g/mol. The number of esters is 1. The number of hydrogen-bond acceptors (Lipinski definition) is 6. The molecule has 1 heterocycles. The second kappa shape index (κ2) is 9.25. The quantitative estimate of drug-likeness (QED) is 0.607. The van der Waals surface area contributed by atoms with Gasteiger partial charge in [-0.3, -0.25) is 4.79 Å². The highest BCUT2D eigenvalue weighted by molar-refractivity contribution is 6.15. The van der Waals surface area contributed by atoms with Crippen molar-refractivity contribution in [1.29, 1.82) is 0 Å². The number of carbonyl (C=O) groups is 2. The van der Waals surface area contributed by atoms with E-state index in [0.717, 1.165) is 24.8 Å². The summed E-state index contributed by atoms with van der Waals surface area (Å²) in [6, 6.07) is 9.45. The third-order valence-corrected chi connectivity index (χ3v) is 4.96. The SMILES string of the molecule is Cc1nnnn1/C(=C\c1ccccc1)C(=O)OCC(=O)NC1CCCCC1C. The van der Waals surface area contributed by atoms with Gasteiger partial charge in [-0.2, -0.15) is 4.68 Å². The molecule has 0 radical (unpaired) electrons. The number of carbonyl (C=O) groups excluding carboxylic acids is 2. The number of rotatable bonds is 6. The van der Waals surface area contributed by atoms with Gasteiger partial charge in [-0.1, -0.05) is 50.1 Å². The zero-order valence-electron chi connectivity index (χ0n) is 16.2. The van der Waals surface area contributed by atoms with Crippen LogP contribution in [0.4, 0.5) is 0 Å². The average molecular weight is 383 g/mol. The predicted octanol–water partition coefficient (Wildman–Crippen LogP) is 2.22. The number of nitrogens with one attached hydrogen (secondary N) is 1. The van der Waals surface area contributed by atoms with E-state index in [1.54, 1.807) is 13.0 Å². The lowest BCUT2D eigenvalue weighted by molar-refractivity contribution is -0.143. The molecule has 1 aliphatic carbocycles. The maximum Gasteiger partial charge on any atom is 0.357 e. The Morgan fingerprint density at radius 3 is 2.68 bits per heavy atom. The van der Waals surface area contributed by atoms with E-state index in [4.69, 9.17) is 4.74 Å². The molecule has 3 rings (SSSR count). The molecule has 2 unspecified atom stereocenters. The van der Waals surface area contributed by atoms with Gasteiger partial charge in [0.2, 0.25) is 0 Å². The standard InChI is InChI=1S/C20H25N5O3/c1-14-8-6-7-11-17(14)21-19(26)13-28-20(27)18(25-15(2)22-23-24-25)12-16-9-4-3-5-10-16/h3-5,9-10,12,14,17H,6-8,11,13H2,1-2H3,(H,21,26)/b18-12-. The molecule has 1 amide bonds. The molecule has 8 heteroatoms. The number of amides is 1. The molecule has 148 valence electrons. The third kappa shape index (κ3) is 5.03. The zero-order chi connectivity index (χ0) is 19.9. The Labute approximate surface area is 164 Å². The predicted molar refractivity (Wildman–Crippen MR) is 104 cm³/mol. The fourth-order valence-electron chi connectivity index (χ4n) is 3.35. The molecular weight excluding hydrogens is 358 g/mol. The Hall–Kier alpha value is -3.03. The number of benzene rings is 1. The molecule has 1 fully saturated rings. The summed E-state index contributed by atoms with van der Waals surface area (Å²) in [5.41, 5.74) is 0.942. The van der Waals surface area contributed by atoms with Gasteiger partial charge in [0.05, 0.1) is 0 Å². The van der Waals surface area contributed by atoms with E-state index >= 15 is 0 Å². The van der Waals surface area contributed by atoms with Crippen molar-refractivity contribution in [3.63, 3.8) is 0 Å². The van der Waals surface area contributed by atoms with Crippen LogP contribution in [-0.4, -0.2) is 44.7 Å². The van der Waals surface area contributed by atoms with Crippen LogP contribution in [0.5, 0.6) is 0 Å². The maximum atomic E-state index is 12.7. The highest BCUT2D eigenvalue weighted by Crippen LogP contribution is 2.23. The average Bonchev–Trinajstić information content (AvgIpc) is 3.12. The smallest absolute Gasteiger partial charge is 0.357 e. The minimum absolute atomic E-state index is 0.140. The highest BCUT2D eigenvalue weighted by atomic mass is 16.5. The van der Waals surface area contributed by atoms with E-state index in [9.17, 15) is 9.59 Å². The Morgan fingerprint density at radius 1 is 1.25 bits per heavy atom. The fourth-order valence-corrected chi connectivity index (χ4v) is 3.35. The van der Waals surface area contributed by atoms with Gasteiger partial charge in [0.1, 0.15) is 0 Å². The van der Waals surface area contributed by atoms with Crippen molar-refractivity contribution in [2.45, 2.75) is 45.6 Å². The van der Waals surface area contributed by atoms with E-state index in [1.807, 2.05) is 30.3 Å². The van der Waals surface area contributed by atoms with Crippen LogP contribution in [0, 0.1) is 12.8 Å². The van der Waals surface area contributed by atoms with Crippen molar-refractivity contribution in [3.8, 4) is 0 Å². The summed E-state index contributed by atoms with van der Waals surface area (Å²) in [5.74, 6) is -0.0730. The van der Waals surface area contributed by atoms with Crippen LogP contribution in [0.15, 0.2) is 30.3 Å². The molecule has 0 spiro atoms. The number of tetrazole rings is 1. The van der Waals surface area contributed by atoms with Crippen LogP contribution in [-0.2, 0) is 14.3 Å². The summed E-state index contributed by atoms with van der Waals surface area (Å²) in [6.07, 6.45) is 6.00. The van der Waals surface area contributed by atoms with Crippen LogP contribution < -0.4 is 5.32 Å². The van der Waals surface area contributed by atoms with Crippen LogP contribution in [0.3, 0.4) is 0 Å². The topological polar surface area (TPSA) is 99.0 Å². The summed E-state index contributed by atoms with van der Waals surface area (Å²) < 4.78 is 6.56. The molecule has 0 bridgehead atoms. The van der Waals surface area contributed by atoms with E-state index in [0.29, 0.717) is 11.7 Å². The molecule has 1 N–H and O–H groups in total. The number of aryl methyl sites for hydroxylation is 1. The van der Waals surface area contributed by atoms with Gasteiger partial charge in [0.25, 0.3) is 5.91 Å². The lowest BCUT2D eigenvalue weighted by Crippen LogP contribution is -2.43. The molecular formula is C20H25N5O3. The van der Waals surface area contributed by atoms with Crippen LogP contribution in [0.1, 0.15) is 44.0 Å². The molecule has 0 saturated heterocycles. The first-order valence-electron chi connectivity index (χ1n) is 9.53. The third-order valence-electron chi connectivity index (χ3n) is 4.96. The normalized spacial score (nSPS) is 19.9. The Balaban J connectivity index is 1.67. The molecule has 0 aliphatic heterocycles. The molecule has 28 heavy (non-hydrogen) atoms. The van der Waals surface area contributed by atoms with Gasteiger partial charge in [-0.05, 0) is 47.7 Å². The van der Waals surface area contributed by atoms with Crippen LogP contribution in [0.2, 0.25) is 0 Å². The Morgan fingerprint density at radius 2 is 2.00 bits per heavy atom. The van der Waals surface area contributed by atoms with Gasteiger partial charge in [0.15, 0.2) is 18.1 Å². The highest BCUT2D eigenvalue weighted by Gasteiger charge is 2.24. The van der Waals surface area contributed by atoms with Crippen molar-refractivity contribution in [2.75, 3.05) is 6.61 Å². The lowest BCUT2D eigenvalue weighted by Gasteiger charge is -2.29. The maximum absolute atomic E-state index is 12.7. The Bertz CT molecular complexity index is 847. The second-order valence-electron chi connectivity index (χ2n) is 7.09. The van der Waals surface area contributed by atoms with E-state index in [-0.39, 0.29) is 24.3 Å². The minimum Gasteiger partial charge on any atom is -0.451 e. The van der Waals surface area contributed by atoms with Crippen molar-refractivity contribution in [2.24, 2.45) is 5.92 Å². The Kier molecular flexibility index (Phi) is 6.52. The summed E-state index contributed by atoms with van der Waals surface area (Å²) >= 11 is 0. The zero-order valence-corrected chi connectivity index (χ0v) is 16.2. The first-order valence-corrected chi connectivity index (χ1v) is 9.53. The summed E-state index contributed by atoms with van der Waals surface area (Å²) in [7, 11) is 0. The molecule has 1 aromatic heterocycles. The van der Waals surface area contributed by atoms with E-state index < -0.39 is 5.97 Å². The number of nitrogens with zero attached hydrogens (tertiary/aromatic N) is 4. The lowest BCUT2D eigenvalue weighted by atomic mass is 9.86. The van der Waals surface area contributed by atoms with Crippen molar-refractivity contribution in [1.82, 2.24) is 25.5 Å². The summed E-state index contributed by atoms with van der Waals surface area (Å²) in [6.45, 7) is 3.48. The van der Waals surface area contributed by atoms with Gasteiger partial charge in [0, 0.05) is 6.04 Å². The fraction of sp³-hybridized carbons (Fsp3) is 0.450. The van der Waals surface area contributed by atoms with Crippen molar-refractivity contribution in [3.05, 3.63) is 41.7 Å². The van der Waals surface area contributed by atoms with Crippen LogP contribution >= 0.6 is 0 Å². The van der Waals surface area contributed by atoms with Gasteiger partial charge in [-0.25, -0.2) is 4.79 Å². The summed E-state index contributed by atoms with van der Waals surface area (Å²) in [5, 5.41) is 14.2. The van der Waals surface area contributed by atoms with Crippen LogP contribution in [0.25, 0.3) is 11.8 Å². The molecule has 8 nitrogen and oxygen atoms in total. The van der Waals surface area contributed by atoms with Gasteiger partial charge < -0.3 is 10.1 Å². The van der Waals surface area contributed by atoms with E-state index in [1.165, 1.54) is 11.1 Å². The second-order valence-corrected chi connectivity index (χ2v) is 7.09. The molecule has 2 aromatic rings.